The van der Waals surface area contributed by atoms with Crippen LogP contribution in [0.4, 0.5) is 0 Å². The average molecular weight is 192 g/mol. The second kappa shape index (κ2) is 4140. The molecule has 84 valence electrons. The molecule has 0 aromatic heterocycles. The molecule has 12 nitrogen and oxygen atoms in total. The highest BCUT2D eigenvalue weighted by atomic mass is 15.0. The van der Waals surface area contributed by atoms with Gasteiger partial charge in [-0.15, -0.1) is 0 Å². The number of rotatable bonds is 0. The third-order valence-electron chi connectivity index (χ3n) is 0. The van der Waals surface area contributed by atoms with Crippen molar-refractivity contribution in [2.75, 3.05) is 0 Å². The number of nitrogens with two attached hydrogens (primary N) is 12. The van der Waals surface area contributed by atoms with Gasteiger partial charge in [0.1, 0.15) is 0 Å². The predicted octanol–water partition coefficient (Wildman–Crippen LogP) is -7.09. The summed E-state index contributed by atoms with van der Waals surface area (Å²) >= 11 is 0. The van der Waals surface area contributed by atoms with E-state index >= 15 is 0 Å². The van der Waals surface area contributed by atoms with Gasteiger partial charge in [0.05, 0.1) is 0 Å². The van der Waals surface area contributed by atoms with E-state index in [9.17, 15) is 0 Å². The quantitative estimate of drug-likeness (QED) is 0.126. The van der Waals surface area contributed by atoms with Gasteiger partial charge in [0.2, 0.25) is 0 Å². The highest BCUT2D eigenvalue weighted by molar-refractivity contribution is 3.27. The molecule has 0 saturated heterocycles. The van der Waals surface area contributed by atoms with Crippen molar-refractivity contribution in [3.05, 3.63) is 0 Å². The molecule has 0 spiro atoms. The average Bonchev–Trinajstić information content (AvgIpc) is 2.33. The molecule has 0 aliphatic rings. The van der Waals surface area contributed by atoms with Crippen LogP contribution < -0.4 is 70.1 Å². The first-order chi connectivity index (χ1) is 6.00. The van der Waals surface area contributed by atoms with Crippen molar-refractivity contribution >= 4 is 0 Å². The largest absolute Gasteiger partial charge is 0.274 e. The third kappa shape index (κ3) is 3000. The van der Waals surface area contributed by atoms with Gasteiger partial charge in [0.25, 0.3) is 0 Å². The lowest BCUT2D eigenvalue weighted by atomic mass is 13.0. The highest BCUT2D eigenvalue weighted by Gasteiger charge is 0.736. The van der Waals surface area contributed by atoms with Gasteiger partial charge in [-0.2, -0.15) is 0 Å². The highest BCUT2D eigenvalue weighted by Crippen LogP contribution is -0.00900. The van der Waals surface area contributed by atoms with Crippen LogP contribution in [0.5, 0.6) is 0 Å². The molecule has 0 fully saturated rings. The van der Waals surface area contributed by atoms with Gasteiger partial charge < -0.3 is 0 Å². The first-order valence-electron chi connectivity index (χ1n) is 2.00. The van der Waals surface area contributed by atoms with Crippen molar-refractivity contribution < 1.29 is 0 Å². The number of hydrazine groups is 6. The van der Waals surface area contributed by atoms with E-state index in [1.54, 1.807) is 0 Å². The summed E-state index contributed by atoms with van der Waals surface area (Å²) in [5.41, 5.74) is 0. The zero-order chi connectivity index (χ0) is 12.0. The number of hydrogen-bond acceptors (Lipinski definition) is 12. The molecule has 0 rings (SSSR count). The molecule has 0 bridgehead atoms. The molecule has 0 aliphatic carbocycles. The van der Waals surface area contributed by atoms with Crippen LogP contribution in [-0.2, 0) is 0 Å². The van der Waals surface area contributed by atoms with E-state index in [1.807, 2.05) is 0 Å². The normalized spacial score (nSPS) is 3.00. The van der Waals surface area contributed by atoms with Gasteiger partial charge in [0.15, 0.2) is 0 Å². The maximum atomic E-state index is 4.00. The van der Waals surface area contributed by atoms with Crippen LogP contribution >= 0.6 is 0 Å². The lowest BCUT2D eigenvalue weighted by Crippen LogP contribution is -2.02. The molecule has 0 aliphatic heterocycles. The van der Waals surface area contributed by atoms with Gasteiger partial charge in [-0.05, 0) is 0 Å². The Bertz CT molecular complexity index is 0. The SMILES string of the molecule is NN.NN.NN.NN.NN.NN. The van der Waals surface area contributed by atoms with Crippen molar-refractivity contribution in [3.63, 3.8) is 0 Å². The predicted molar refractivity (Wildman–Crippen MR) is 50.2 cm³/mol. The molecule has 24 N–H and O–H groups in total. The van der Waals surface area contributed by atoms with E-state index in [1.165, 1.54) is 0 Å². The Morgan fingerprint density at radius 1 is 0.167 bits per heavy atom. The molecule has 0 heterocycles. The van der Waals surface area contributed by atoms with E-state index in [-0.39, 0.29) is 0 Å². The smallest absolute Gasteiger partial charge is 0.274 e. The third-order valence-corrected chi connectivity index (χ3v) is 0. The molecule has 0 saturated carbocycles. The topological polar surface area (TPSA) is 312 Å². The number of hydrogen-bond donors (Lipinski definition) is 12. The van der Waals surface area contributed by atoms with E-state index < -0.39 is 0 Å². The molecule has 0 unspecified atom stereocenters. The van der Waals surface area contributed by atoms with Gasteiger partial charge in [-0.25, -0.2) is 0 Å². The lowest BCUT2D eigenvalue weighted by Gasteiger charge is -1.27. The lowest BCUT2D eigenvalue weighted by molar-refractivity contribution is 1.26. The van der Waals surface area contributed by atoms with Gasteiger partial charge >= 0.3 is 0 Å². The minimum atomic E-state index is 4.00. The fourth-order valence-electron chi connectivity index (χ4n) is 0. The van der Waals surface area contributed by atoms with Crippen LogP contribution in [-0.4, -0.2) is 0 Å². The Morgan fingerprint density at radius 3 is 0.167 bits per heavy atom. The second-order valence-electron chi connectivity index (χ2n) is 0. The standard InChI is InChI=1S/6H4N2/c6*1-2/h6*1-2H2. The summed E-state index contributed by atoms with van der Waals surface area (Å²) in [5.74, 6) is 48.0. The zero-order valence-electron chi connectivity index (χ0n) is 6.93. The van der Waals surface area contributed by atoms with Gasteiger partial charge in [-0.1, -0.05) is 0 Å². The minimum absolute atomic E-state index is 4.00. The maximum Gasteiger partial charge on any atom is -0.274 e. The Hall–Kier alpha value is -0.480. The molecule has 0 atom stereocenters. The fraction of sp³-hybridized carbons (Fsp3) is 0. The van der Waals surface area contributed by atoms with Crippen molar-refractivity contribution in [3.8, 4) is 0 Å². The Kier molecular flexibility index (Phi) is 14400. The summed E-state index contributed by atoms with van der Waals surface area (Å²) in [5, 5.41) is 0. The summed E-state index contributed by atoms with van der Waals surface area (Å²) in [6.07, 6.45) is 0. The molecule has 12 heavy (non-hydrogen) atoms. The van der Waals surface area contributed by atoms with Crippen LogP contribution in [0.15, 0.2) is 0 Å². The van der Waals surface area contributed by atoms with E-state index in [0.29, 0.717) is 0 Å². The summed E-state index contributed by atoms with van der Waals surface area (Å²) in [4.78, 5) is 0. The summed E-state index contributed by atoms with van der Waals surface area (Å²) < 4.78 is 0. The van der Waals surface area contributed by atoms with Crippen molar-refractivity contribution in [2.24, 2.45) is 70.1 Å². The van der Waals surface area contributed by atoms with Crippen LogP contribution in [0, 0.1) is 0 Å². The fourth-order valence-corrected chi connectivity index (χ4v) is 0. The molecular weight excluding hydrogens is 168 g/mol. The van der Waals surface area contributed by atoms with E-state index in [0.717, 1.165) is 0 Å². The summed E-state index contributed by atoms with van der Waals surface area (Å²) in [7, 11) is 0. The summed E-state index contributed by atoms with van der Waals surface area (Å²) in [6, 6.07) is 0. The van der Waals surface area contributed by atoms with Crippen LogP contribution in [0.3, 0.4) is 0 Å². The minimum Gasteiger partial charge on any atom is -0.274 e. The van der Waals surface area contributed by atoms with E-state index in [4.69, 9.17) is 0 Å². The Balaban J connectivity index is -0.00000000900. The van der Waals surface area contributed by atoms with Crippen LogP contribution in [0.25, 0.3) is 0 Å². The first-order valence-corrected chi connectivity index (χ1v) is 2.00. The Labute approximate surface area is 71.3 Å². The maximum absolute atomic E-state index is 4.00. The van der Waals surface area contributed by atoms with E-state index in [2.05, 4.69) is 70.1 Å². The summed E-state index contributed by atoms with van der Waals surface area (Å²) in [6.45, 7) is 0. The Morgan fingerprint density at radius 2 is 0.167 bits per heavy atom. The van der Waals surface area contributed by atoms with Crippen molar-refractivity contribution in [1.29, 1.82) is 0 Å². The molecule has 0 aromatic carbocycles. The second-order valence-corrected chi connectivity index (χ2v) is 0. The molecule has 12 heteroatoms. The molecule has 0 aromatic rings. The first kappa shape index (κ1) is 41.8. The zero-order valence-corrected chi connectivity index (χ0v) is 6.93. The van der Waals surface area contributed by atoms with Gasteiger partial charge in [-0.3, -0.25) is 70.1 Å². The monoisotopic (exact) mass is 192 g/mol. The molecular formula is H24N12. The van der Waals surface area contributed by atoms with Gasteiger partial charge in [0, 0.05) is 0 Å². The van der Waals surface area contributed by atoms with Crippen molar-refractivity contribution in [2.45, 2.75) is 0 Å². The molecule has 0 radical (unpaired) electrons. The van der Waals surface area contributed by atoms with Crippen LogP contribution in [0.2, 0.25) is 0 Å². The molecule has 0 amide bonds. The van der Waals surface area contributed by atoms with Crippen molar-refractivity contribution in [1.82, 2.24) is 0 Å². The van der Waals surface area contributed by atoms with Crippen LogP contribution in [0.1, 0.15) is 0 Å².